The van der Waals surface area contributed by atoms with Crippen molar-refractivity contribution in [3.8, 4) is 41.1 Å². The molecule has 1 saturated heterocycles. The Morgan fingerprint density at radius 1 is 0.976 bits per heavy atom. The molecule has 2 aromatic rings. The van der Waals surface area contributed by atoms with Crippen molar-refractivity contribution in [1.29, 1.82) is 0 Å². The maximum Gasteiger partial charge on any atom is 0.250 e. The summed E-state index contributed by atoms with van der Waals surface area (Å²) in [7, 11) is 6.31. The SMILES string of the molecule is C#CC(c1cc(C2COC(c3cc(OC)c(OC)c(OC)c3)C2)cc(OC)c1OCCC)N(O)C(=O)C1CCCCC1. The van der Waals surface area contributed by atoms with Crippen LogP contribution in [0.5, 0.6) is 28.7 Å². The zero-order valence-electron chi connectivity index (χ0n) is 25.3. The van der Waals surface area contributed by atoms with Gasteiger partial charge in [0.2, 0.25) is 5.75 Å². The summed E-state index contributed by atoms with van der Waals surface area (Å²) in [4.78, 5) is 13.3. The smallest absolute Gasteiger partial charge is 0.250 e. The largest absolute Gasteiger partial charge is 0.493 e. The van der Waals surface area contributed by atoms with E-state index in [2.05, 4.69) is 5.92 Å². The van der Waals surface area contributed by atoms with Gasteiger partial charge in [-0.3, -0.25) is 10.0 Å². The second-order valence-electron chi connectivity index (χ2n) is 10.8. The molecule has 2 aromatic carbocycles. The number of nitrogens with zero attached hydrogens (tertiary/aromatic N) is 1. The topological polar surface area (TPSA) is 95.9 Å². The third kappa shape index (κ3) is 6.55. The maximum atomic E-state index is 13.3. The van der Waals surface area contributed by atoms with Gasteiger partial charge in [0.05, 0.1) is 47.8 Å². The first-order valence-corrected chi connectivity index (χ1v) is 14.6. The average molecular weight is 582 g/mol. The molecule has 0 aromatic heterocycles. The number of hydroxylamine groups is 2. The van der Waals surface area contributed by atoms with Gasteiger partial charge in [0, 0.05) is 17.4 Å². The average Bonchev–Trinajstić information content (AvgIpc) is 3.53. The van der Waals surface area contributed by atoms with Crippen LogP contribution in [0.1, 0.15) is 86.6 Å². The Morgan fingerprint density at radius 2 is 1.60 bits per heavy atom. The minimum absolute atomic E-state index is 0.0124. The van der Waals surface area contributed by atoms with Gasteiger partial charge >= 0.3 is 0 Å². The van der Waals surface area contributed by atoms with E-state index in [1.54, 1.807) is 28.4 Å². The van der Waals surface area contributed by atoms with Crippen LogP contribution in [0.15, 0.2) is 24.3 Å². The molecule has 3 atom stereocenters. The molecule has 1 saturated carbocycles. The minimum atomic E-state index is -1.03. The van der Waals surface area contributed by atoms with E-state index < -0.39 is 6.04 Å². The fraction of sp³-hybridized carbons (Fsp3) is 0.545. The number of amides is 1. The van der Waals surface area contributed by atoms with Gasteiger partial charge in [0.25, 0.3) is 5.91 Å². The molecule has 3 unspecified atom stereocenters. The summed E-state index contributed by atoms with van der Waals surface area (Å²) in [5.41, 5.74) is 2.34. The lowest BCUT2D eigenvalue weighted by Gasteiger charge is -2.30. The van der Waals surface area contributed by atoms with Gasteiger partial charge in [-0.25, -0.2) is 5.06 Å². The third-order valence-corrected chi connectivity index (χ3v) is 8.18. The number of benzene rings is 2. The van der Waals surface area contributed by atoms with E-state index in [0.29, 0.717) is 53.9 Å². The molecule has 1 heterocycles. The molecule has 1 aliphatic heterocycles. The van der Waals surface area contributed by atoms with Crippen molar-refractivity contribution in [3.63, 3.8) is 0 Å². The highest BCUT2D eigenvalue weighted by Gasteiger charge is 2.35. The lowest BCUT2D eigenvalue weighted by molar-refractivity contribution is -0.177. The van der Waals surface area contributed by atoms with Crippen LogP contribution in [-0.4, -0.2) is 57.8 Å². The molecule has 2 aliphatic rings. The van der Waals surface area contributed by atoms with E-state index >= 15 is 0 Å². The highest BCUT2D eigenvalue weighted by molar-refractivity contribution is 5.79. The van der Waals surface area contributed by atoms with Crippen LogP contribution in [0.4, 0.5) is 0 Å². The van der Waals surface area contributed by atoms with Crippen molar-refractivity contribution in [1.82, 2.24) is 5.06 Å². The van der Waals surface area contributed by atoms with E-state index in [0.717, 1.165) is 54.7 Å². The number of ether oxygens (including phenoxy) is 6. The van der Waals surface area contributed by atoms with Crippen LogP contribution in [-0.2, 0) is 9.53 Å². The summed E-state index contributed by atoms with van der Waals surface area (Å²) in [6.07, 6.45) is 11.7. The molecule has 0 spiro atoms. The van der Waals surface area contributed by atoms with Crippen LogP contribution in [0.25, 0.3) is 0 Å². The molecule has 9 heteroatoms. The van der Waals surface area contributed by atoms with E-state index in [4.69, 9.17) is 34.8 Å². The van der Waals surface area contributed by atoms with Crippen molar-refractivity contribution in [2.75, 3.05) is 41.7 Å². The Morgan fingerprint density at radius 3 is 2.17 bits per heavy atom. The van der Waals surface area contributed by atoms with Gasteiger partial charge in [0.15, 0.2) is 23.0 Å². The number of hydrogen-bond acceptors (Lipinski definition) is 8. The predicted octanol–water partition coefficient (Wildman–Crippen LogP) is 6.23. The number of hydrogen-bond donors (Lipinski definition) is 1. The Labute approximate surface area is 248 Å². The summed E-state index contributed by atoms with van der Waals surface area (Å²) in [6.45, 7) is 2.88. The van der Waals surface area contributed by atoms with Crippen molar-refractivity contribution in [3.05, 3.63) is 41.0 Å². The monoisotopic (exact) mass is 581 g/mol. The standard InChI is InChI=1S/C33H43NO8/c1-7-14-41-31-25(26(8-2)34(36)33(35)21-12-10-9-11-13-21)15-22(16-28(31)37-3)24-19-27(42-20-24)23-17-29(38-4)32(40-6)30(18-23)39-5/h2,15-18,21,24,26-27,36H,7,9-14,19-20H2,1,3-6H3. The van der Waals surface area contributed by atoms with Crippen LogP contribution < -0.4 is 23.7 Å². The van der Waals surface area contributed by atoms with Crippen LogP contribution in [0, 0.1) is 18.3 Å². The molecular formula is C33H43NO8. The Balaban J connectivity index is 1.68. The first kappa shape index (κ1) is 31.3. The zero-order valence-corrected chi connectivity index (χ0v) is 25.3. The van der Waals surface area contributed by atoms with Crippen LogP contribution >= 0.6 is 0 Å². The molecule has 0 radical (unpaired) electrons. The molecule has 1 N–H and O–H groups in total. The summed E-state index contributed by atoms with van der Waals surface area (Å²) in [5, 5.41) is 11.9. The fourth-order valence-corrected chi connectivity index (χ4v) is 5.93. The van der Waals surface area contributed by atoms with Crippen molar-refractivity contribution < 1.29 is 38.4 Å². The number of methoxy groups -OCH3 is 4. The second kappa shape index (κ2) is 14.5. The Hall–Kier alpha value is -3.61. The lowest BCUT2D eigenvalue weighted by Crippen LogP contribution is -2.37. The molecule has 1 amide bonds. The third-order valence-electron chi connectivity index (χ3n) is 8.18. The lowest BCUT2D eigenvalue weighted by atomic mass is 9.87. The quantitative estimate of drug-likeness (QED) is 0.179. The Kier molecular flexibility index (Phi) is 10.8. The number of terminal acetylenes is 1. The van der Waals surface area contributed by atoms with Gasteiger partial charge in [-0.2, -0.15) is 0 Å². The van der Waals surface area contributed by atoms with Gasteiger partial charge in [0.1, 0.15) is 6.04 Å². The normalized spacial score (nSPS) is 19.5. The maximum absolute atomic E-state index is 13.3. The fourth-order valence-electron chi connectivity index (χ4n) is 5.93. The van der Waals surface area contributed by atoms with Gasteiger partial charge in [-0.1, -0.05) is 32.1 Å². The first-order chi connectivity index (χ1) is 20.4. The molecule has 0 bridgehead atoms. The molecule has 2 fully saturated rings. The summed E-state index contributed by atoms with van der Waals surface area (Å²) in [6, 6.07) is 6.61. The van der Waals surface area contributed by atoms with E-state index in [1.165, 1.54) is 0 Å². The van der Waals surface area contributed by atoms with Crippen molar-refractivity contribution in [2.24, 2.45) is 5.92 Å². The summed E-state index contributed by atoms with van der Waals surface area (Å²) < 4.78 is 34.7. The zero-order chi connectivity index (χ0) is 30.2. The highest BCUT2D eigenvalue weighted by atomic mass is 16.5. The molecule has 1 aliphatic carbocycles. The van der Waals surface area contributed by atoms with E-state index in [9.17, 15) is 10.0 Å². The van der Waals surface area contributed by atoms with Gasteiger partial charge < -0.3 is 28.4 Å². The first-order valence-electron chi connectivity index (χ1n) is 14.6. The molecule has 228 valence electrons. The predicted molar refractivity (Wildman–Crippen MR) is 158 cm³/mol. The molecular weight excluding hydrogens is 538 g/mol. The highest BCUT2D eigenvalue weighted by Crippen LogP contribution is 2.47. The summed E-state index contributed by atoms with van der Waals surface area (Å²) in [5.74, 6) is 4.60. The minimum Gasteiger partial charge on any atom is -0.493 e. The number of carbonyl (C=O) groups excluding carboxylic acids is 1. The van der Waals surface area contributed by atoms with E-state index in [-0.39, 0.29) is 23.8 Å². The van der Waals surface area contributed by atoms with Crippen molar-refractivity contribution in [2.45, 2.75) is 69.9 Å². The van der Waals surface area contributed by atoms with Crippen LogP contribution in [0.3, 0.4) is 0 Å². The second-order valence-corrected chi connectivity index (χ2v) is 10.8. The summed E-state index contributed by atoms with van der Waals surface area (Å²) >= 11 is 0. The number of rotatable bonds is 12. The van der Waals surface area contributed by atoms with Crippen LogP contribution in [0.2, 0.25) is 0 Å². The van der Waals surface area contributed by atoms with Crippen molar-refractivity contribution >= 4 is 5.91 Å². The Bertz CT molecular complexity index is 1240. The number of carbonyl (C=O) groups is 1. The van der Waals surface area contributed by atoms with Gasteiger partial charge in [-0.15, -0.1) is 6.42 Å². The molecule has 4 rings (SSSR count). The molecule has 42 heavy (non-hydrogen) atoms. The molecule has 9 nitrogen and oxygen atoms in total. The van der Waals surface area contributed by atoms with E-state index in [1.807, 2.05) is 31.2 Å². The van der Waals surface area contributed by atoms with Gasteiger partial charge in [-0.05, 0) is 61.1 Å².